The SMILES string of the molecule is CC(C)C(C)n1cncc1C(C)(C)C. The second-order valence-corrected chi connectivity index (χ2v) is 5.42. The molecule has 14 heavy (non-hydrogen) atoms. The van der Waals surface area contributed by atoms with E-state index in [0.717, 1.165) is 0 Å². The molecule has 0 aromatic carbocycles. The van der Waals surface area contributed by atoms with E-state index in [0.29, 0.717) is 12.0 Å². The van der Waals surface area contributed by atoms with Gasteiger partial charge in [0.05, 0.1) is 6.33 Å². The minimum Gasteiger partial charge on any atom is -0.331 e. The number of nitrogens with zero attached hydrogens (tertiary/aromatic N) is 2. The van der Waals surface area contributed by atoms with Crippen molar-refractivity contribution in [3.8, 4) is 0 Å². The van der Waals surface area contributed by atoms with Gasteiger partial charge in [-0.25, -0.2) is 4.98 Å². The number of aromatic nitrogens is 2. The van der Waals surface area contributed by atoms with Gasteiger partial charge >= 0.3 is 0 Å². The van der Waals surface area contributed by atoms with Crippen molar-refractivity contribution in [1.82, 2.24) is 9.55 Å². The highest BCUT2D eigenvalue weighted by Gasteiger charge is 2.21. The summed E-state index contributed by atoms with van der Waals surface area (Å²) in [5, 5.41) is 0. The fraction of sp³-hybridized carbons (Fsp3) is 0.750. The summed E-state index contributed by atoms with van der Waals surface area (Å²) in [5.41, 5.74) is 1.50. The molecule has 0 spiro atoms. The highest BCUT2D eigenvalue weighted by molar-refractivity contribution is 5.11. The second-order valence-electron chi connectivity index (χ2n) is 5.42. The standard InChI is InChI=1S/C12H22N2/c1-9(2)10(3)14-8-13-7-11(14)12(4,5)6/h7-10H,1-6H3. The lowest BCUT2D eigenvalue weighted by molar-refractivity contribution is 0.377. The molecule has 0 saturated heterocycles. The monoisotopic (exact) mass is 194 g/mol. The van der Waals surface area contributed by atoms with Crippen LogP contribution in [0.1, 0.15) is 53.3 Å². The Balaban J connectivity index is 3.05. The van der Waals surface area contributed by atoms with E-state index in [4.69, 9.17) is 0 Å². The summed E-state index contributed by atoms with van der Waals surface area (Å²) in [4.78, 5) is 4.26. The van der Waals surface area contributed by atoms with Gasteiger partial charge in [0.2, 0.25) is 0 Å². The van der Waals surface area contributed by atoms with Crippen LogP contribution in [0.4, 0.5) is 0 Å². The van der Waals surface area contributed by atoms with Crippen LogP contribution in [-0.2, 0) is 5.41 Å². The van der Waals surface area contributed by atoms with Crippen LogP contribution < -0.4 is 0 Å². The Hall–Kier alpha value is -0.790. The van der Waals surface area contributed by atoms with Crippen molar-refractivity contribution in [1.29, 1.82) is 0 Å². The van der Waals surface area contributed by atoms with Crippen LogP contribution in [0.15, 0.2) is 12.5 Å². The molecule has 0 aliphatic rings. The zero-order valence-electron chi connectivity index (χ0n) is 10.2. The van der Waals surface area contributed by atoms with E-state index < -0.39 is 0 Å². The molecule has 2 nitrogen and oxygen atoms in total. The van der Waals surface area contributed by atoms with Crippen LogP contribution in [0.3, 0.4) is 0 Å². The lowest BCUT2D eigenvalue weighted by atomic mass is 9.91. The minimum absolute atomic E-state index is 0.180. The zero-order chi connectivity index (χ0) is 10.9. The summed E-state index contributed by atoms with van der Waals surface area (Å²) in [6, 6.07) is 0.520. The predicted molar refractivity (Wildman–Crippen MR) is 60.5 cm³/mol. The largest absolute Gasteiger partial charge is 0.331 e. The summed E-state index contributed by atoms with van der Waals surface area (Å²) >= 11 is 0. The molecule has 1 rings (SSSR count). The van der Waals surface area contributed by atoms with Crippen LogP contribution >= 0.6 is 0 Å². The maximum absolute atomic E-state index is 4.26. The Morgan fingerprint density at radius 2 is 1.79 bits per heavy atom. The average Bonchev–Trinajstić information content (AvgIpc) is 2.48. The van der Waals surface area contributed by atoms with Crippen LogP contribution in [0.5, 0.6) is 0 Å². The summed E-state index contributed by atoms with van der Waals surface area (Å²) < 4.78 is 2.30. The molecule has 2 heteroatoms. The zero-order valence-corrected chi connectivity index (χ0v) is 10.2. The van der Waals surface area contributed by atoms with Gasteiger partial charge in [-0.2, -0.15) is 0 Å². The van der Waals surface area contributed by atoms with Crippen molar-refractivity contribution in [3.63, 3.8) is 0 Å². The summed E-state index contributed by atoms with van der Waals surface area (Å²) in [7, 11) is 0. The molecular weight excluding hydrogens is 172 g/mol. The molecule has 1 aromatic heterocycles. The molecule has 1 unspecified atom stereocenters. The van der Waals surface area contributed by atoms with Gasteiger partial charge in [0, 0.05) is 23.3 Å². The topological polar surface area (TPSA) is 17.8 Å². The first-order valence-corrected chi connectivity index (χ1v) is 5.36. The maximum atomic E-state index is 4.26. The van der Waals surface area contributed by atoms with Crippen molar-refractivity contribution in [2.75, 3.05) is 0 Å². The fourth-order valence-electron chi connectivity index (χ4n) is 1.53. The first kappa shape index (κ1) is 11.3. The molecule has 0 aliphatic carbocycles. The predicted octanol–water partition coefficient (Wildman–Crippen LogP) is 3.40. The van der Waals surface area contributed by atoms with Crippen molar-refractivity contribution in [2.24, 2.45) is 5.92 Å². The minimum atomic E-state index is 0.180. The van der Waals surface area contributed by atoms with E-state index >= 15 is 0 Å². The number of rotatable bonds is 2. The quantitative estimate of drug-likeness (QED) is 0.705. The molecule has 0 aliphatic heterocycles. The molecular formula is C12H22N2. The number of hydrogen-bond acceptors (Lipinski definition) is 1. The Kier molecular flexibility index (Phi) is 3.03. The van der Waals surface area contributed by atoms with E-state index in [2.05, 4.69) is 51.1 Å². The Morgan fingerprint density at radius 1 is 1.21 bits per heavy atom. The highest BCUT2D eigenvalue weighted by Crippen LogP contribution is 2.27. The van der Waals surface area contributed by atoms with Gasteiger partial charge in [-0.15, -0.1) is 0 Å². The molecule has 0 bridgehead atoms. The molecule has 0 amide bonds. The fourth-order valence-corrected chi connectivity index (χ4v) is 1.53. The average molecular weight is 194 g/mol. The third kappa shape index (κ3) is 2.17. The van der Waals surface area contributed by atoms with Crippen molar-refractivity contribution >= 4 is 0 Å². The number of hydrogen-bond donors (Lipinski definition) is 0. The van der Waals surface area contributed by atoms with Crippen molar-refractivity contribution in [2.45, 2.75) is 53.0 Å². The van der Waals surface area contributed by atoms with Gasteiger partial charge < -0.3 is 4.57 Å². The molecule has 1 atom stereocenters. The lowest BCUT2D eigenvalue weighted by Gasteiger charge is -2.26. The first-order chi connectivity index (χ1) is 6.34. The van der Waals surface area contributed by atoms with Crippen LogP contribution in [0, 0.1) is 5.92 Å². The molecule has 0 radical (unpaired) electrons. The Labute approximate surface area is 87.4 Å². The second kappa shape index (κ2) is 3.76. The van der Waals surface area contributed by atoms with Gasteiger partial charge in [0.25, 0.3) is 0 Å². The van der Waals surface area contributed by atoms with Gasteiger partial charge in [-0.1, -0.05) is 34.6 Å². The smallest absolute Gasteiger partial charge is 0.0950 e. The highest BCUT2D eigenvalue weighted by atomic mass is 15.1. The molecule has 0 N–H and O–H groups in total. The van der Waals surface area contributed by atoms with E-state index in [1.54, 1.807) is 0 Å². The lowest BCUT2D eigenvalue weighted by Crippen LogP contribution is -2.21. The molecule has 0 fully saturated rings. The Bertz CT molecular complexity index is 292. The van der Waals surface area contributed by atoms with Crippen LogP contribution in [0.25, 0.3) is 0 Å². The Morgan fingerprint density at radius 3 is 2.21 bits per heavy atom. The van der Waals surface area contributed by atoms with E-state index in [9.17, 15) is 0 Å². The van der Waals surface area contributed by atoms with Gasteiger partial charge in [-0.3, -0.25) is 0 Å². The molecule has 0 saturated carbocycles. The van der Waals surface area contributed by atoms with Gasteiger partial charge in [0.15, 0.2) is 0 Å². The maximum Gasteiger partial charge on any atom is 0.0950 e. The summed E-state index contributed by atoms with van der Waals surface area (Å²) in [6.45, 7) is 13.4. The molecule has 1 heterocycles. The number of imidazole rings is 1. The van der Waals surface area contributed by atoms with Crippen LogP contribution in [0.2, 0.25) is 0 Å². The molecule has 80 valence electrons. The van der Waals surface area contributed by atoms with E-state index in [1.807, 2.05) is 12.5 Å². The van der Waals surface area contributed by atoms with Crippen molar-refractivity contribution in [3.05, 3.63) is 18.2 Å². The van der Waals surface area contributed by atoms with E-state index in [1.165, 1.54) is 5.69 Å². The van der Waals surface area contributed by atoms with Gasteiger partial charge in [-0.05, 0) is 12.8 Å². The van der Waals surface area contributed by atoms with E-state index in [-0.39, 0.29) is 5.41 Å². The summed E-state index contributed by atoms with van der Waals surface area (Å²) in [6.07, 6.45) is 3.93. The van der Waals surface area contributed by atoms with Gasteiger partial charge in [0.1, 0.15) is 0 Å². The third-order valence-corrected chi connectivity index (χ3v) is 2.84. The molecule has 1 aromatic rings. The normalized spacial score (nSPS) is 14.8. The third-order valence-electron chi connectivity index (χ3n) is 2.84. The van der Waals surface area contributed by atoms with Crippen LogP contribution in [-0.4, -0.2) is 9.55 Å². The van der Waals surface area contributed by atoms with Crippen molar-refractivity contribution < 1.29 is 0 Å². The summed E-state index contributed by atoms with van der Waals surface area (Å²) in [5.74, 6) is 0.644. The first-order valence-electron chi connectivity index (χ1n) is 5.36.